The third-order valence-corrected chi connectivity index (χ3v) is 3.35. The monoisotopic (exact) mass is 295 g/mol. The van der Waals surface area contributed by atoms with Crippen molar-refractivity contribution in [3.05, 3.63) is 71.4 Å². The van der Waals surface area contributed by atoms with Gasteiger partial charge >= 0.3 is 0 Å². The van der Waals surface area contributed by atoms with Gasteiger partial charge < -0.3 is 5.32 Å². The zero-order valence-electron chi connectivity index (χ0n) is 12.0. The van der Waals surface area contributed by atoms with Crippen LogP contribution in [0.2, 0.25) is 0 Å². The molecule has 0 aliphatic rings. The average Bonchev–Trinajstić information content (AvgIpc) is 2.52. The highest BCUT2D eigenvalue weighted by molar-refractivity contribution is 6.06. The molecule has 5 heteroatoms. The molecule has 1 N–H and O–H groups in total. The minimum atomic E-state index is -0.367. The number of halogens is 1. The number of amides is 1. The van der Waals surface area contributed by atoms with Gasteiger partial charge in [-0.15, -0.1) is 0 Å². The first kappa shape index (κ1) is 14.1. The Labute approximate surface area is 127 Å². The van der Waals surface area contributed by atoms with Crippen LogP contribution >= 0.6 is 0 Å². The number of rotatable bonds is 3. The number of hydrogen-bond donors (Lipinski definition) is 1. The Morgan fingerprint density at radius 1 is 1.18 bits per heavy atom. The summed E-state index contributed by atoms with van der Waals surface area (Å²) in [4.78, 5) is 20.6. The van der Waals surface area contributed by atoms with E-state index >= 15 is 0 Å². The predicted octanol–water partition coefficient (Wildman–Crippen LogP) is 3.01. The Bertz CT molecular complexity index is 829. The van der Waals surface area contributed by atoms with Gasteiger partial charge in [0, 0.05) is 36.1 Å². The summed E-state index contributed by atoms with van der Waals surface area (Å²) in [6.45, 7) is 2.19. The molecule has 3 aromatic rings. The number of pyridine rings is 2. The maximum atomic E-state index is 13.3. The normalized spacial score (nSPS) is 10.6. The first-order chi connectivity index (χ1) is 10.6. The second kappa shape index (κ2) is 5.89. The molecule has 1 amide bonds. The minimum Gasteiger partial charge on any atom is -0.348 e. The van der Waals surface area contributed by atoms with Crippen molar-refractivity contribution in [2.45, 2.75) is 13.5 Å². The summed E-state index contributed by atoms with van der Waals surface area (Å²) in [7, 11) is 0. The van der Waals surface area contributed by atoms with Crippen molar-refractivity contribution in [1.82, 2.24) is 15.3 Å². The summed E-state index contributed by atoms with van der Waals surface area (Å²) >= 11 is 0. The number of carbonyl (C=O) groups is 1. The lowest BCUT2D eigenvalue weighted by molar-refractivity contribution is 0.0952. The van der Waals surface area contributed by atoms with E-state index in [2.05, 4.69) is 15.3 Å². The highest BCUT2D eigenvalue weighted by atomic mass is 19.1. The van der Waals surface area contributed by atoms with Gasteiger partial charge in [-0.1, -0.05) is 0 Å². The number of nitrogens with one attached hydrogen (secondary N) is 1. The Kier molecular flexibility index (Phi) is 3.78. The molecule has 0 unspecified atom stereocenters. The van der Waals surface area contributed by atoms with Crippen LogP contribution in [-0.2, 0) is 6.54 Å². The van der Waals surface area contributed by atoms with Crippen molar-refractivity contribution in [1.29, 1.82) is 0 Å². The molecule has 4 nitrogen and oxygen atoms in total. The van der Waals surface area contributed by atoms with Crippen LogP contribution < -0.4 is 5.32 Å². The maximum Gasteiger partial charge on any atom is 0.252 e. The third kappa shape index (κ3) is 2.93. The molecule has 0 saturated carbocycles. The smallest absolute Gasteiger partial charge is 0.252 e. The van der Waals surface area contributed by atoms with E-state index < -0.39 is 0 Å². The van der Waals surface area contributed by atoms with Crippen molar-refractivity contribution in [3.63, 3.8) is 0 Å². The second-order valence-corrected chi connectivity index (χ2v) is 5.01. The zero-order chi connectivity index (χ0) is 15.5. The van der Waals surface area contributed by atoms with Crippen molar-refractivity contribution in [3.8, 4) is 0 Å². The Balaban J connectivity index is 1.90. The van der Waals surface area contributed by atoms with E-state index in [9.17, 15) is 9.18 Å². The summed E-state index contributed by atoms with van der Waals surface area (Å²) < 4.78 is 13.3. The quantitative estimate of drug-likeness (QED) is 0.808. The number of carbonyl (C=O) groups excluding carboxylic acids is 1. The fourth-order valence-corrected chi connectivity index (χ4v) is 2.30. The minimum absolute atomic E-state index is 0.209. The van der Waals surface area contributed by atoms with E-state index in [0.717, 1.165) is 5.56 Å². The van der Waals surface area contributed by atoms with Gasteiger partial charge in [-0.3, -0.25) is 14.8 Å². The number of nitrogens with zero attached hydrogens (tertiary/aromatic N) is 2. The van der Waals surface area contributed by atoms with Gasteiger partial charge in [0.1, 0.15) is 5.82 Å². The SMILES string of the molecule is Cc1cc(C(=O)NCc2ccncc2)c2ccc(F)cc2n1. The summed E-state index contributed by atoms with van der Waals surface area (Å²) in [6.07, 6.45) is 3.35. The second-order valence-electron chi connectivity index (χ2n) is 5.01. The van der Waals surface area contributed by atoms with Gasteiger partial charge in [0.15, 0.2) is 0 Å². The molecule has 0 saturated heterocycles. The zero-order valence-corrected chi connectivity index (χ0v) is 12.0. The van der Waals surface area contributed by atoms with Crippen LogP contribution in [0.1, 0.15) is 21.6 Å². The molecule has 3 rings (SSSR count). The number of aryl methyl sites for hydroxylation is 1. The first-order valence-electron chi connectivity index (χ1n) is 6.87. The fourth-order valence-electron chi connectivity index (χ4n) is 2.30. The molecule has 1 aromatic carbocycles. The van der Waals surface area contributed by atoms with Gasteiger partial charge in [-0.2, -0.15) is 0 Å². The van der Waals surface area contributed by atoms with Crippen LogP contribution in [0.15, 0.2) is 48.8 Å². The molecule has 2 aromatic heterocycles. The van der Waals surface area contributed by atoms with Crippen molar-refractivity contribution in [2.75, 3.05) is 0 Å². The largest absolute Gasteiger partial charge is 0.348 e. The van der Waals surface area contributed by atoms with Crippen LogP contribution in [0.3, 0.4) is 0 Å². The summed E-state index contributed by atoms with van der Waals surface area (Å²) in [5.41, 5.74) is 2.61. The van der Waals surface area contributed by atoms with Gasteiger partial charge in [0.05, 0.1) is 11.1 Å². The molecule has 0 atom stereocenters. The molecule has 0 aliphatic carbocycles. The van der Waals surface area contributed by atoms with E-state index in [1.807, 2.05) is 12.1 Å². The lowest BCUT2D eigenvalue weighted by Crippen LogP contribution is -2.23. The molecule has 0 bridgehead atoms. The Hall–Kier alpha value is -2.82. The standard InChI is InChI=1S/C17H14FN3O/c1-11-8-15(14-3-2-13(18)9-16(14)21-11)17(22)20-10-12-4-6-19-7-5-12/h2-9H,10H2,1H3,(H,20,22). The summed E-state index contributed by atoms with van der Waals surface area (Å²) in [5, 5.41) is 3.50. The van der Waals surface area contributed by atoms with Crippen LogP contribution in [0.5, 0.6) is 0 Å². The Morgan fingerprint density at radius 3 is 2.73 bits per heavy atom. The predicted molar refractivity (Wildman–Crippen MR) is 81.8 cm³/mol. The van der Waals surface area contributed by atoms with Gasteiger partial charge in [0.25, 0.3) is 5.91 Å². The van der Waals surface area contributed by atoms with E-state index in [1.165, 1.54) is 12.1 Å². The molecular weight excluding hydrogens is 281 g/mol. The van der Waals surface area contributed by atoms with Crippen molar-refractivity contribution in [2.24, 2.45) is 0 Å². The number of fused-ring (bicyclic) bond motifs is 1. The average molecular weight is 295 g/mol. The molecule has 0 fully saturated rings. The van der Waals surface area contributed by atoms with E-state index in [0.29, 0.717) is 28.7 Å². The molecular formula is C17H14FN3O. The van der Waals surface area contributed by atoms with Crippen LogP contribution in [0.25, 0.3) is 10.9 Å². The van der Waals surface area contributed by atoms with Crippen molar-refractivity contribution >= 4 is 16.8 Å². The molecule has 22 heavy (non-hydrogen) atoms. The number of hydrogen-bond acceptors (Lipinski definition) is 3. The van der Waals surface area contributed by atoms with Crippen LogP contribution in [0.4, 0.5) is 4.39 Å². The van der Waals surface area contributed by atoms with Crippen LogP contribution in [0, 0.1) is 12.7 Å². The third-order valence-electron chi connectivity index (χ3n) is 3.35. The first-order valence-corrected chi connectivity index (χ1v) is 6.87. The highest BCUT2D eigenvalue weighted by Crippen LogP contribution is 2.19. The fraction of sp³-hybridized carbons (Fsp3) is 0.118. The Morgan fingerprint density at radius 2 is 1.95 bits per heavy atom. The molecule has 2 heterocycles. The molecule has 0 spiro atoms. The lowest BCUT2D eigenvalue weighted by Gasteiger charge is -2.09. The van der Waals surface area contributed by atoms with E-state index in [1.54, 1.807) is 31.5 Å². The molecule has 110 valence electrons. The highest BCUT2D eigenvalue weighted by Gasteiger charge is 2.12. The van der Waals surface area contributed by atoms with Gasteiger partial charge in [-0.05, 0) is 42.8 Å². The van der Waals surface area contributed by atoms with Gasteiger partial charge in [-0.25, -0.2) is 4.39 Å². The topological polar surface area (TPSA) is 54.9 Å². The lowest BCUT2D eigenvalue weighted by atomic mass is 10.1. The number of benzene rings is 1. The maximum absolute atomic E-state index is 13.3. The van der Waals surface area contributed by atoms with Crippen LogP contribution in [-0.4, -0.2) is 15.9 Å². The molecule has 0 aliphatic heterocycles. The number of aromatic nitrogens is 2. The van der Waals surface area contributed by atoms with E-state index in [4.69, 9.17) is 0 Å². The summed E-state index contributed by atoms with van der Waals surface area (Å²) in [6, 6.07) is 9.64. The summed E-state index contributed by atoms with van der Waals surface area (Å²) in [5.74, 6) is -0.576. The van der Waals surface area contributed by atoms with E-state index in [-0.39, 0.29) is 11.7 Å². The molecule has 0 radical (unpaired) electrons. The van der Waals surface area contributed by atoms with Gasteiger partial charge in [0.2, 0.25) is 0 Å². The van der Waals surface area contributed by atoms with Crippen molar-refractivity contribution < 1.29 is 9.18 Å².